The van der Waals surface area contributed by atoms with Gasteiger partial charge in [0.25, 0.3) is 0 Å². The Morgan fingerprint density at radius 1 is 1.15 bits per heavy atom. The second-order valence-electron chi connectivity index (χ2n) is 7.39. The summed E-state index contributed by atoms with van der Waals surface area (Å²) < 4.78 is 11.5. The van der Waals surface area contributed by atoms with Crippen molar-refractivity contribution in [3.05, 3.63) is 24.3 Å². The molecule has 1 aromatic carbocycles. The molecule has 2 atom stereocenters. The summed E-state index contributed by atoms with van der Waals surface area (Å²) in [6, 6.07) is 7.88. The number of carbonyl (C=O) groups excluding carboxylic acids is 1. The number of hydrogen-bond acceptors (Lipinski definition) is 4. The molecule has 0 aromatic heterocycles. The molecule has 26 heavy (non-hydrogen) atoms. The quantitative estimate of drug-likeness (QED) is 0.790. The SMILES string of the molecule is CCCOc1cccc(NC(=O)OC2CCCCC2N2CCCCC2)c1. The van der Waals surface area contributed by atoms with Gasteiger partial charge in [-0.3, -0.25) is 10.2 Å². The van der Waals surface area contributed by atoms with Crippen molar-refractivity contribution < 1.29 is 14.3 Å². The highest BCUT2D eigenvalue weighted by Crippen LogP contribution is 2.28. The zero-order chi connectivity index (χ0) is 18.2. The third kappa shape index (κ3) is 5.37. The first-order valence-corrected chi connectivity index (χ1v) is 10.2. The number of rotatable bonds is 6. The molecule has 2 fully saturated rings. The highest BCUT2D eigenvalue weighted by molar-refractivity contribution is 5.85. The van der Waals surface area contributed by atoms with E-state index in [1.54, 1.807) is 0 Å². The number of piperidine rings is 1. The molecule has 1 heterocycles. The number of nitrogens with one attached hydrogen (secondary N) is 1. The molecule has 1 N–H and O–H groups in total. The first-order chi connectivity index (χ1) is 12.8. The number of carbonyl (C=O) groups is 1. The lowest BCUT2D eigenvalue weighted by molar-refractivity contribution is 0.00174. The van der Waals surface area contributed by atoms with Crippen LogP contribution >= 0.6 is 0 Å². The minimum Gasteiger partial charge on any atom is -0.494 e. The Morgan fingerprint density at radius 2 is 1.96 bits per heavy atom. The van der Waals surface area contributed by atoms with Gasteiger partial charge in [-0.15, -0.1) is 0 Å². The first-order valence-electron chi connectivity index (χ1n) is 10.2. The molecule has 144 valence electrons. The third-order valence-corrected chi connectivity index (χ3v) is 5.34. The van der Waals surface area contributed by atoms with Crippen molar-refractivity contribution in [1.82, 2.24) is 4.90 Å². The molecule has 3 rings (SSSR count). The largest absolute Gasteiger partial charge is 0.494 e. The van der Waals surface area contributed by atoms with Crippen LogP contribution in [0.15, 0.2) is 24.3 Å². The number of ether oxygens (including phenoxy) is 2. The maximum absolute atomic E-state index is 12.4. The van der Waals surface area contributed by atoms with E-state index >= 15 is 0 Å². The minimum absolute atomic E-state index is 0.00127. The normalized spacial score (nSPS) is 24.0. The summed E-state index contributed by atoms with van der Waals surface area (Å²) in [5.74, 6) is 0.772. The van der Waals surface area contributed by atoms with Crippen LogP contribution in [-0.2, 0) is 4.74 Å². The van der Waals surface area contributed by atoms with E-state index in [9.17, 15) is 4.79 Å². The van der Waals surface area contributed by atoms with E-state index < -0.39 is 0 Å². The van der Waals surface area contributed by atoms with Crippen LogP contribution in [0.1, 0.15) is 58.3 Å². The van der Waals surface area contributed by atoms with Crippen molar-refractivity contribution >= 4 is 11.8 Å². The van der Waals surface area contributed by atoms with Crippen molar-refractivity contribution in [2.24, 2.45) is 0 Å². The summed E-state index contributed by atoms with van der Waals surface area (Å²) in [7, 11) is 0. The summed E-state index contributed by atoms with van der Waals surface area (Å²) in [6.45, 7) is 5.03. The van der Waals surface area contributed by atoms with Crippen LogP contribution in [0.4, 0.5) is 10.5 Å². The molecular weight excluding hydrogens is 328 g/mol. The zero-order valence-corrected chi connectivity index (χ0v) is 15.9. The van der Waals surface area contributed by atoms with E-state index in [1.807, 2.05) is 24.3 Å². The van der Waals surface area contributed by atoms with Gasteiger partial charge in [0.2, 0.25) is 0 Å². The zero-order valence-electron chi connectivity index (χ0n) is 15.9. The summed E-state index contributed by atoms with van der Waals surface area (Å²) in [5, 5.41) is 2.87. The van der Waals surface area contributed by atoms with Crippen molar-refractivity contribution in [2.45, 2.75) is 70.4 Å². The van der Waals surface area contributed by atoms with Gasteiger partial charge in [0.05, 0.1) is 6.61 Å². The molecule has 1 saturated heterocycles. The van der Waals surface area contributed by atoms with E-state index in [-0.39, 0.29) is 12.2 Å². The van der Waals surface area contributed by atoms with Crippen LogP contribution in [0.3, 0.4) is 0 Å². The van der Waals surface area contributed by atoms with Crippen LogP contribution in [0.25, 0.3) is 0 Å². The molecule has 5 nitrogen and oxygen atoms in total. The topological polar surface area (TPSA) is 50.8 Å². The molecule has 0 radical (unpaired) electrons. The van der Waals surface area contributed by atoms with E-state index in [0.29, 0.717) is 18.3 Å². The van der Waals surface area contributed by atoms with Crippen molar-refractivity contribution in [2.75, 3.05) is 25.0 Å². The summed E-state index contributed by atoms with van der Waals surface area (Å²) >= 11 is 0. The molecule has 5 heteroatoms. The lowest BCUT2D eigenvalue weighted by Gasteiger charge is -2.41. The number of benzene rings is 1. The average Bonchev–Trinajstić information content (AvgIpc) is 2.68. The molecule has 1 saturated carbocycles. The van der Waals surface area contributed by atoms with Crippen LogP contribution in [-0.4, -0.2) is 42.8 Å². The molecule has 2 aliphatic rings. The average molecular weight is 360 g/mol. The number of anilines is 1. The van der Waals surface area contributed by atoms with Gasteiger partial charge >= 0.3 is 6.09 Å². The van der Waals surface area contributed by atoms with Gasteiger partial charge in [0.15, 0.2) is 0 Å². The van der Waals surface area contributed by atoms with Gasteiger partial charge in [0, 0.05) is 17.8 Å². The van der Waals surface area contributed by atoms with E-state index in [1.165, 1.54) is 25.7 Å². The number of nitrogens with zero attached hydrogens (tertiary/aromatic N) is 1. The van der Waals surface area contributed by atoms with Gasteiger partial charge in [0.1, 0.15) is 11.9 Å². The van der Waals surface area contributed by atoms with Gasteiger partial charge in [-0.1, -0.05) is 25.8 Å². The van der Waals surface area contributed by atoms with E-state index in [0.717, 1.165) is 44.5 Å². The molecule has 1 amide bonds. The fraction of sp³-hybridized carbons (Fsp3) is 0.667. The first kappa shape index (κ1) is 19.0. The molecule has 1 aliphatic heterocycles. The molecule has 1 aliphatic carbocycles. The van der Waals surface area contributed by atoms with Crippen LogP contribution < -0.4 is 10.1 Å². The van der Waals surface area contributed by atoms with Crippen LogP contribution in [0.5, 0.6) is 5.75 Å². The highest BCUT2D eigenvalue weighted by atomic mass is 16.6. The Labute approximate surface area is 157 Å². The number of amides is 1. The molecule has 0 spiro atoms. The van der Waals surface area contributed by atoms with Gasteiger partial charge < -0.3 is 9.47 Å². The summed E-state index contributed by atoms with van der Waals surface area (Å²) in [4.78, 5) is 15.0. The number of hydrogen-bond donors (Lipinski definition) is 1. The maximum Gasteiger partial charge on any atom is 0.411 e. The van der Waals surface area contributed by atoms with Crippen LogP contribution in [0.2, 0.25) is 0 Å². The minimum atomic E-state index is -0.355. The molecule has 0 bridgehead atoms. The summed E-state index contributed by atoms with van der Waals surface area (Å²) in [6.07, 6.45) is 8.94. The van der Waals surface area contributed by atoms with E-state index in [4.69, 9.17) is 9.47 Å². The van der Waals surface area contributed by atoms with Gasteiger partial charge in [-0.25, -0.2) is 4.79 Å². The monoisotopic (exact) mass is 360 g/mol. The standard InChI is InChI=1S/C21H32N2O3/c1-2-15-25-18-10-8-9-17(16-18)22-21(24)26-20-12-5-4-11-19(20)23-13-6-3-7-14-23/h8-10,16,19-20H,2-7,11-15H2,1H3,(H,22,24). The maximum atomic E-state index is 12.4. The third-order valence-electron chi connectivity index (χ3n) is 5.34. The van der Waals surface area contributed by atoms with Gasteiger partial charge in [-0.05, 0) is 63.7 Å². The lowest BCUT2D eigenvalue weighted by atomic mass is 9.90. The van der Waals surface area contributed by atoms with Crippen molar-refractivity contribution in [3.63, 3.8) is 0 Å². The Morgan fingerprint density at radius 3 is 2.77 bits per heavy atom. The smallest absolute Gasteiger partial charge is 0.411 e. The fourth-order valence-corrected chi connectivity index (χ4v) is 4.05. The van der Waals surface area contributed by atoms with E-state index in [2.05, 4.69) is 17.1 Å². The Balaban J connectivity index is 1.55. The van der Waals surface area contributed by atoms with Crippen LogP contribution in [0, 0.1) is 0 Å². The predicted octanol–water partition coefficient (Wildman–Crippen LogP) is 4.82. The molecular formula is C21H32N2O3. The fourth-order valence-electron chi connectivity index (χ4n) is 4.05. The second-order valence-corrected chi connectivity index (χ2v) is 7.39. The Bertz CT molecular complexity index is 572. The molecule has 1 aromatic rings. The Kier molecular flexibility index (Phi) is 7.18. The molecule has 2 unspecified atom stereocenters. The second kappa shape index (κ2) is 9.81. The van der Waals surface area contributed by atoms with Crippen molar-refractivity contribution in [3.8, 4) is 5.75 Å². The highest BCUT2D eigenvalue weighted by Gasteiger charge is 2.33. The Hall–Kier alpha value is -1.75. The van der Waals surface area contributed by atoms with Gasteiger partial charge in [-0.2, -0.15) is 0 Å². The number of likely N-dealkylation sites (tertiary alicyclic amines) is 1. The predicted molar refractivity (Wildman–Crippen MR) is 104 cm³/mol. The van der Waals surface area contributed by atoms with Crippen molar-refractivity contribution in [1.29, 1.82) is 0 Å². The summed E-state index contributed by atoms with van der Waals surface area (Å²) in [5.41, 5.74) is 0.717. The lowest BCUT2D eigenvalue weighted by Crippen LogP contribution is -2.49.